The second-order valence-electron chi connectivity index (χ2n) is 9.94. The van der Waals surface area contributed by atoms with Crippen molar-refractivity contribution in [1.82, 2.24) is 15.0 Å². The van der Waals surface area contributed by atoms with Crippen LogP contribution in [-0.2, 0) is 12.8 Å². The van der Waals surface area contributed by atoms with E-state index in [1.165, 1.54) is 24.0 Å². The lowest BCUT2D eigenvalue weighted by atomic mass is 9.90. The molecule has 8 heteroatoms. The number of anilines is 3. The average molecular weight is 503 g/mol. The minimum absolute atomic E-state index is 0.652. The number of nitrogens with zero attached hydrogens (tertiary/aromatic N) is 5. The van der Waals surface area contributed by atoms with E-state index in [2.05, 4.69) is 51.5 Å². The summed E-state index contributed by atoms with van der Waals surface area (Å²) in [6.07, 6.45) is 6.66. The summed E-state index contributed by atoms with van der Waals surface area (Å²) in [6, 6.07) is 16.9. The molecule has 0 spiro atoms. The second-order valence-corrected chi connectivity index (χ2v) is 9.94. The molecule has 0 amide bonds. The quantitative estimate of drug-likeness (QED) is 0.431. The maximum atomic E-state index is 5.45. The van der Waals surface area contributed by atoms with Gasteiger partial charge in [-0.25, -0.2) is 0 Å². The Hall–Kier alpha value is -3.55. The highest BCUT2D eigenvalue weighted by Gasteiger charge is 2.24. The first-order valence-corrected chi connectivity index (χ1v) is 13.5. The largest absolute Gasteiger partial charge is 0.493 e. The van der Waals surface area contributed by atoms with Crippen LogP contribution < -0.4 is 24.6 Å². The van der Waals surface area contributed by atoms with E-state index in [0.29, 0.717) is 11.9 Å². The molecule has 5 rings (SSSR count). The van der Waals surface area contributed by atoms with Crippen molar-refractivity contribution >= 4 is 17.8 Å². The highest BCUT2D eigenvalue weighted by molar-refractivity contribution is 5.47. The van der Waals surface area contributed by atoms with Gasteiger partial charge in [0.2, 0.25) is 17.8 Å². The summed E-state index contributed by atoms with van der Waals surface area (Å²) in [5, 5.41) is 3.46. The fourth-order valence-electron chi connectivity index (χ4n) is 5.27. The first kappa shape index (κ1) is 25.1. The molecule has 0 radical (unpaired) electrons. The van der Waals surface area contributed by atoms with Crippen molar-refractivity contribution in [2.45, 2.75) is 38.5 Å². The van der Waals surface area contributed by atoms with Crippen molar-refractivity contribution < 1.29 is 9.47 Å². The van der Waals surface area contributed by atoms with Crippen molar-refractivity contribution in [1.29, 1.82) is 0 Å². The lowest BCUT2D eigenvalue weighted by Gasteiger charge is -2.32. The Bertz CT molecular complexity index is 1140. The number of nitrogens with one attached hydrogen (secondary N) is 1. The topological polar surface area (TPSA) is 75.6 Å². The van der Waals surface area contributed by atoms with Gasteiger partial charge in [-0.1, -0.05) is 36.4 Å². The number of benzene rings is 2. The van der Waals surface area contributed by atoms with E-state index in [1.807, 2.05) is 12.1 Å². The Morgan fingerprint density at radius 2 is 1.46 bits per heavy atom. The summed E-state index contributed by atoms with van der Waals surface area (Å²) in [5.41, 5.74) is 2.60. The van der Waals surface area contributed by atoms with Crippen molar-refractivity contribution in [2.75, 3.05) is 62.1 Å². The summed E-state index contributed by atoms with van der Waals surface area (Å²) in [5.74, 6) is 4.43. The summed E-state index contributed by atoms with van der Waals surface area (Å²) in [6.45, 7) is 4.69. The van der Waals surface area contributed by atoms with Crippen LogP contribution in [0.4, 0.5) is 17.8 Å². The second kappa shape index (κ2) is 12.1. The standard InChI is InChI=1S/C29H38N6O2/c1-36-25-11-10-23(21-26(25)37-2)12-15-30-27-31-28(34-16-6-7-17-34)33-29(32-27)35-18-13-24(14-19-35)20-22-8-4-3-5-9-22/h3-5,8-11,21,24H,6-7,12-20H2,1-2H3,(H,30,31,32,33). The van der Waals surface area contributed by atoms with Crippen LogP contribution in [0.15, 0.2) is 48.5 Å². The van der Waals surface area contributed by atoms with Crippen LogP contribution in [0.1, 0.15) is 36.8 Å². The Balaban J connectivity index is 1.24. The van der Waals surface area contributed by atoms with E-state index in [0.717, 1.165) is 81.8 Å². The summed E-state index contributed by atoms with van der Waals surface area (Å²) in [7, 11) is 3.32. The minimum atomic E-state index is 0.652. The first-order chi connectivity index (χ1) is 18.2. The van der Waals surface area contributed by atoms with Crippen LogP contribution in [0.5, 0.6) is 11.5 Å². The molecule has 2 saturated heterocycles. The molecule has 2 fully saturated rings. The summed E-state index contributed by atoms with van der Waals surface area (Å²) >= 11 is 0. The third-order valence-electron chi connectivity index (χ3n) is 7.41. The van der Waals surface area contributed by atoms with Gasteiger partial charge in [0.25, 0.3) is 0 Å². The molecule has 0 aliphatic carbocycles. The number of aromatic nitrogens is 3. The molecule has 2 aromatic carbocycles. The highest BCUT2D eigenvalue weighted by Crippen LogP contribution is 2.28. The predicted molar refractivity (Wildman–Crippen MR) is 148 cm³/mol. The van der Waals surface area contributed by atoms with E-state index in [-0.39, 0.29) is 0 Å². The maximum absolute atomic E-state index is 5.45. The van der Waals surface area contributed by atoms with E-state index in [4.69, 9.17) is 24.4 Å². The van der Waals surface area contributed by atoms with Crippen LogP contribution in [0.3, 0.4) is 0 Å². The van der Waals surface area contributed by atoms with E-state index >= 15 is 0 Å². The summed E-state index contributed by atoms with van der Waals surface area (Å²) in [4.78, 5) is 19.2. The fraction of sp³-hybridized carbons (Fsp3) is 0.483. The molecule has 0 saturated carbocycles. The predicted octanol–water partition coefficient (Wildman–Crippen LogP) is 4.60. The fourth-order valence-corrected chi connectivity index (χ4v) is 5.27. The minimum Gasteiger partial charge on any atom is -0.493 e. The molecular formula is C29H38N6O2. The molecule has 37 heavy (non-hydrogen) atoms. The monoisotopic (exact) mass is 502 g/mol. The third-order valence-corrected chi connectivity index (χ3v) is 7.41. The summed E-state index contributed by atoms with van der Waals surface area (Å²) < 4.78 is 10.8. The van der Waals surface area contributed by atoms with Gasteiger partial charge >= 0.3 is 0 Å². The zero-order valence-electron chi connectivity index (χ0n) is 22.0. The maximum Gasteiger partial charge on any atom is 0.231 e. The van der Waals surface area contributed by atoms with Crippen LogP contribution in [0, 0.1) is 5.92 Å². The van der Waals surface area contributed by atoms with Gasteiger partial charge in [0.05, 0.1) is 14.2 Å². The van der Waals surface area contributed by atoms with Gasteiger partial charge in [0.1, 0.15) is 0 Å². The Labute approximate surface area is 220 Å². The van der Waals surface area contributed by atoms with E-state index in [1.54, 1.807) is 14.2 Å². The van der Waals surface area contributed by atoms with Crippen molar-refractivity contribution in [3.8, 4) is 11.5 Å². The van der Waals surface area contributed by atoms with Crippen molar-refractivity contribution in [2.24, 2.45) is 5.92 Å². The first-order valence-electron chi connectivity index (χ1n) is 13.5. The molecule has 1 N–H and O–H groups in total. The van der Waals surface area contributed by atoms with Crippen LogP contribution in [0.25, 0.3) is 0 Å². The molecule has 196 valence electrons. The average Bonchev–Trinajstić information content (AvgIpc) is 3.49. The number of hydrogen-bond acceptors (Lipinski definition) is 8. The van der Waals surface area contributed by atoms with Crippen LogP contribution in [0.2, 0.25) is 0 Å². The Morgan fingerprint density at radius 1 is 0.784 bits per heavy atom. The number of piperidine rings is 1. The number of hydrogen-bond donors (Lipinski definition) is 1. The lowest BCUT2D eigenvalue weighted by molar-refractivity contribution is 0.354. The molecule has 0 bridgehead atoms. The SMILES string of the molecule is COc1ccc(CCNc2nc(N3CCCC3)nc(N3CCC(Cc4ccccc4)CC3)n2)cc1OC. The van der Waals surface area contributed by atoms with Gasteiger partial charge in [-0.15, -0.1) is 0 Å². The molecular weight excluding hydrogens is 464 g/mol. The number of methoxy groups -OCH3 is 2. The molecule has 0 unspecified atom stereocenters. The van der Waals surface area contributed by atoms with Gasteiger partial charge in [-0.2, -0.15) is 15.0 Å². The normalized spacial score (nSPS) is 16.2. The molecule has 8 nitrogen and oxygen atoms in total. The third kappa shape index (κ3) is 6.42. The van der Waals surface area contributed by atoms with Gasteiger partial charge in [0.15, 0.2) is 11.5 Å². The molecule has 3 heterocycles. The van der Waals surface area contributed by atoms with Crippen LogP contribution in [-0.4, -0.2) is 61.9 Å². The molecule has 2 aliphatic heterocycles. The van der Waals surface area contributed by atoms with E-state index in [9.17, 15) is 0 Å². The van der Waals surface area contributed by atoms with Gasteiger partial charge < -0.3 is 24.6 Å². The van der Waals surface area contributed by atoms with E-state index < -0.39 is 0 Å². The lowest BCUT2D eigenvalue weighted by Crippen LogP contribution is -2.36. The molecule has 3 aromatic rings. The highest BCUT2D eigenvalue weighted by atomic mass is 16.5. The smallest absolute Gasteiger partial charge is 0.231 e. The van der Waals surface area contributed by atoms with Gasteiger partial charge in [-0.3, -0.25) is 0 Å². The van der Waals surface area contributed by atoms with Crippen molar-refractivity contribution in [3.05, 3.63) is 59.7 Å². The zero-order chi connectivity index (χ0) is 25.5. The Morgan fingerprint density at radius 3 is 2.14 bits per heavy atom. The molecule has 2 aliphatic rings. The molecule has 0 atom stereocenters. The Kier molecular flexibility index (Phi) is 8.23. The zero-order valence-corrected chi connectivity index (χ0v) is 22.0. The van der Waals surface area contributed by atoms with Gasteiger partial charge in [0, 0.05) is 32.7 Å². The van der Waals surface area contributed by atoms with Crippen LogP contribution >= 0.6 is 0 Å². The molecule has 1 aromatic heterocycles. The van der Waals surface area contributed by atoms with Gasteiger partial charge in [-0.05, 0) is 67.7 Å². The number of rotatable bonds is 10. The van der Waals surface area contributed by atoms with Crippen molar-refractivity contribution in [3.63, 3.8) is 0 Å². The number of ether oxygens (including phenoxy) is 2.